The third kappa shape index (κ3) is 5.30. The lowest BCUT2D eigenvalue weighted by molar-refractivity contribution is -0.123. The molecule has 0 atom stereocenters. The molecule has 5 heteroatoms. The Hall–Kier alpha value is -1.55. The van der Waals surface area contributed by atoms with Gasteiger partial charge < -0.3 is 10.1 Å². The summed E-state index contributed by atoms with van der Waals surface area (Å²) in [6.45, 7) is 4.67. The highest BCUT2D eigenvalue weighted by molar-refractivity contribution is 6.33. The molecule has 1 rings (SSSR count). The molecule has 0 aliphatic rings. The van der Waals surface area contributed by atoms with E-state index in [1.165, 1.54) is 0 Å². The molecular weight excluding hydrogens is 266 g/mol. The summed E-state index contributed by atoms with van der Waals surface area (Å²) in [5.74, 6) is 0.648. The van der Waals surface area contributed by atoms with Crippen LogP contribution in [0.1, 0.15) is 30.6 Å². The Balaban J connectivity index is 2.46. The number of hydrogen-bond donors (Lipinski definition) is 1. The number of halogens is 1. The van der Waals surface area contributed by atoms with Gasteiger partial charge in [0, 0.05) is 6.54 Å². The maximum atomic E-state index is 11.5. The Kier molecular flexibility index (Phi) is 6.36. The molecule has 4 nitrogen and oxygen atoms in total. The predicted octanol–water partition coefficient (Wildman–Crippen LogP) is 2.69. The van der Waals surface area contributed by atoms with E-state index in [2.05, 4.69) is 19.2 Å². The Morgan fingerprint density at radius 2 is 2.21 bits per heavy atom. The summed E-state index contributed by atoms with van der Waals surface area (Å²) >= 11 is 5.85. The average Bonchev–Trinajstić information content (AvgIpc) is 2.36. The molecule has 0 saturated heterocycles. The van der Waals surface area contributed by atoms with E-state index >= 15 is 0 Å². The summed E-state index contributed by atoms with van der Waals surface area (Å²) < 4.78 is 5.30. The second-order valence-electron chi connectivity index (χ2n) is 4.59. The van der Waals surface area contributed by atoms with Gasteiger partial charge in [0.25, 0.3) is 5.91 Å². The SMILES string of the molecule is CC(C)CCNC(=O)COc1cccc(Cl)c1C=O. The van der Waals surface area contributed by atoms with Crippen LogP contribution in [-0.4, -0.2) is 25.3 Å². The van der Waals surface area contributed by atoms with Crippen molar-refractivity contribution in [3.8, 4) is 5.75 Å². The number of carbonyl (C=O) groups is 2. The van der Waals surface area contributed by atoms with Crippen LogP contribution >= 0.6 is 11.6 Å². The number of nitrogens with one attached hydrogen (secondary N) is 1. The quantitative estimate of drug-likeness (QED) is 0.783. The smallest absolute Gasteiger partial charge is 0.257 e. The van der Waals surface area contributed by atoms with Crippen LogP contribution in [0, 0.1) is 5.92 Å². The van der Waals surface area contributed by atoms with E-state index in [0.29, 0.717) is 29.5 Å². The van der Waals surface area contributed by atoms with E-state index in [1.54, 1.807) is 18.2 Å². The summed E-state index contributed by atoms with van der Waals surface area (Å²) in [5, 5.41) is 3.06. The van der Waals surface area contributed by atoms with Crippen LogP contribution in [0.25, 0.3) is 0 Å². The molecule has 0 fully saturated rings. The van der Waals surface area contributed by atoms with Gasteiger partial charge in [-0.25, -0.2) is 0 Å². The van der Waals surface area contributed by atoms with Gasteiger partial charge in [-0.15, -0.1) is 0 Å². The van der Waals surface area contributed by atoms with Crippen molar-refractivity contribution in [2.24, 2.45) is 5.92 Å². The maximum Gasteiger partial charge on any atom is 0.257 e. The van der Waals surface area contributed by atoms with Gasteiger partial charge in [0.2, 0.25) is 0 Å². The highest BCUT2D eigenvalue weighted by Crippen LogP contribution is 2.24. The van der Waals surface area contributed by atoms with Gasteiger partial charge >= 0.3 is 0 Å². The first-order valence-corrected chi connectivity index (χ1v) is 6.55. The molecule has 0 saturated carbocycles. The Labute approximate surface area is 118 Å². The van der Waals surface area contributed by atoms with Crippen LogP contribution in [0.4, 0.5) is 0 Å². The summed E-state index contributed by atoms with van der Waals surface area (Å²) in [6.07, 6.45) is 1.54. The molecule has 1 aromatic rings. The predicted molar refractivity (Wildman–Crippen MR) is 74.8 cm³/mol. The van der Waals surface area contributed by atoms with Gasteiger partial charge in [-0.3, -0.25) is 9.59 Å². The maximum absolute atomic E-state index is 11.5. The molecule has 1 aromatic carbocycles. The van der Waals surface area contributed by atoms with Gasteiger partial charge in [0.1, 0.15) is 5.75 Å². The van der Waals surface area contributed by atoms with Crippen molar-refractivity contribution < 1.29 is 14.3 Å². The Morgan fingerprint density at radius 3 is 2.84 bits per heavy atom. The summed E-state index contributed by atoms with van der Waals surface area (Å²) in [4.78, 5) is 22.4. The van der Waals surface area contributed by atoms with Crippen molar-refractivity contribution in [1.82, 2.24) is 5.32 Å². The minimum absolute atomic E-state index is 0.126. The third-order valence-corrected chi connectivity index (χ3v) is 2.86. The number of benzene rings is 1. The van der Waals surface area contributed by atoms with Crippen LogP contribution in [0.5, 0.6) is 5.75 Å². The van der Waals surface area contributed by atoms with E-state index in [-0.39, 0.29) is 18.1 Å². The molecule has 0 unspecified atom stereocenters. The van der Waals surface area contributed by atoms with E-state index in [4.69, 9.17) is 16.3 Å². The lowest BCUT2D eigenvalue weighted by Gasteiger charge is -2.10. The monoisotopic (exact) mass is 283 g/mol. The van der Waals surface area contributed by atoms with E-state index in [9.17, 15) is 9.59 Å². The van der Waals surface area contributed by atoms with Crippen molar-refractivity contribution in [3.05, 3.63) is 28.8 Å². The van der Waals surface area contributed by atoms with Crippen LogP contribution < -0.4 is 10.1 Å². The fourth-order valence-corrected chi connectivity index (χ4v) is 1.66. The summed E-state index contributed by atoms with van der Waals surface area (Å²) in [6, 6.07) is 4.87. The topological polar surface area (TPSA) is 55.4 Å². The van der Waals surface area contributed by atoms with Gasteiger partial charge in [-0.2, -0.15) is 0 Å². The van der Waals surface area contributed by atoms with Crippen LogP contribution in [0.2, 0.25) is 5.02 Å². The van der Waals surface area contributed by atoms with Crippen molar-refractivity contribution in [3.63, 3.8) is 0 Å². The molecule has 0 aliphatic heterocycles. The largest absolute Gasteiger partial charge is 0.483 e. The second-order valence-corrected chi connectivity index (χ2v) is 5.00. The Morgan fingerprint density at radius 1 is 1.47 bits per heavy atom. The number of hydrogen-bond acceptors (Lipinski definition) is 3. The highest BCUT2D eigenvalue weighted by Gasteiger charge is 2.09. The number of carbonyl (C=O) groups excluding carboxylic acids is 2. The average molecular weight is 284 g/mol. The van der Waals surface area contributed by atoms with Crippen molar-refractivity contribution >= 4 is 23.8 Å². The standard InChI is InChI=1S/C14H18ClNO3/c1-10(2)6-7-16-14(18)9-19-13-5-3-4-12(15)11(13)8-17/h3-5,8,10H,6-7,9H2,1-2H3,(H,16,18). The fourth-order valence-electron chi connectivity index (χ4n) is 1.45. The number of rotatable bonds is 7. The van der Waals surface area contributed by atoms with Crippen molar-refractivity contribution in [2.45, 2.75) is 20.3 Å². The molecule has 0 radical (unpaired) electrons. The minimum atomic E-state index is -0.211. The first kappa shape index (κ1) is 15.5. The molecule has 0 aromatic heterocycles. The van der Waals surface area contributed by atoms with Gasteiger partial charge in [-0.1, -0.05) is 31.5 Å². The zero-order valence-electron chi connectivity index (χ0n) is 11.1. The van der Waals surface area contributed by atoms with Gasteiger partial charge in [0.15, 0.2) is 12.9 Å². The first-order chi connectivity index (χ1) is 9.04. The Bertz CT molecular complexity index is 446. The zero-order chi connectivity index (χ0) is 14.3. The summed E-state index contributed by atoms with van der Waals surface area (Å²) in [5.41, 5.74) is 0.263. The van der Waals surface area contributed by atoms with E-state index < -0.39 is 0 Å². The number of aldehydes is 1. The van der Waals surface area contributed by atoms with Crippen LogP contribution in [0.3, 0.4) is 0 Å². The molecule has 0 heterocycles. The fraction of sp³-hybridized carbons (Fsp3) is 0.429. The van der Waals surface area contributed by atoms with Crippen molar-refractivity contribution in [1.29, 1.82) is 0 Å². The molecule has 0 bridgehead atoms. The molecule has 104 valence electrons. The molecule has 1 N–H and O–H groups in total. The second kappa shape index (κ2) is 7.79. The van der Waals surface area contributed by atoms with Gasteiger partial charge in [0.05, 0.1) is 10.6 Å². The molecule has 0 aliphatic carbocycles. The lowest BCUT2D eigenvalue weighted by atomic mass is 10.1. The molecule has 0 spiro atoms. The highest BCUT2D eigenvalue weighted by atomic mass is 35.5. The minimum Gasteiger partial charge on any atom is -0.483 e. The van der Waals surface area contributed by atoms with Gasteiger partial charge in [-0.05, 0) is 24.5 Å². The first-order valence-electron chi connectivity index (χ1n) is 6.17. The normalized spacial score (nSPS) is 10.3. The van der Waals surface area contributed by atoms with Crippen LogP contribution in [-0.2, 0) is 4.79 Å². The van der Waals surface area contributed by atoms with E-state index in [1.807, 2.05) is 0 Å². The number of ether oxygens (including phenoxy) is 1. The molecular formula is C14H18ClNO3. The summed E-state index contributed by atoms with van der Waals surface area (Å²) in [7, 11) is 0. The van der Waals surface area contributed by atoms with E-state index in [0.717, 1.165) is 6.42 Å². The van der Waals surface area contributed by atoms with Crippen molar-refractivity contribution in [2.75, 3.05) is 13.2 Å². The third-order valence-electron chi connectivity index (χ3n) is 2.53. The molecule has 19 heavy (non-hydrogen) atoms. The van der Waals surface area contributed by atoms with Crippen LogP contribution in [0.15, 0.2) is 18.2 Å². The lowest BCUT2D eigenvalue weighted by Crippen LogP contribution is -2.30. The number of amides is 1. The molecule has 1 amide bonds. The zero-order valence-corrected chi connectivity index (χ0v) is 11.9.